The number of nitrogens with one attached hydrogen (secondary N) is 2. The van der Waals surface area contributed by atoms with Crippen LogP contribution in [0.5, 0.6) is 5.88 Å². The van der Waals surface area contributed by atoms with Gasteiger partial charge in [0.15, 0.2) is 5.82 Å². The van der Waals surface area contributed by atoms with Crippen molar-refractivity contribution < 1.29 is 13.2 Å². The van der Waals surface area contributed by atoms with Gasteiger partial charge in [0.05, 0.1) is 41.3 Å². The van der Waals surface area contributed by atoms with Crippen LogP contribution in [0.15, 0.2) is 49.3 Å². The van der Waals surface area contributed by atoms with Crippen molar-refractivity contribution in [1.82, 2.24) is 39.0 Å². The summed E-state index contributed by atoms with van der Waals surface area (Å²) in [6.45, 7) is 5.40. The summed E-state index contributed by atoms with van der Waals surface area (Å²) in [5.74, 6) is 1.87. The van der Waals surface area contributed by atoms with E-state index < -0.39 is 10.0 Å². The van der Waals surface area contributed by atoms with Crippen molar-refractivity contribution in [3.63, 3.8) is 0 Å². The Morgan fingerprint density at radius 1 is 1.07 bits per heavy atom. The molecule has 0 atom stereocenters. The highest BCUT2D eigenvalue weighted by Gasteiger charge is 2.37. The lowest BCUT2D eigenvalue weighted by atomic mass is 10.1. The highest BCUT2D eigenvalue weighted by molar-refractivity contribution is 7.90. The van der Waals surface area contributed by atoms with Gasteiger partial charge in [0.1, 0.15) is 18.2 Å². The molecule has 40 heavy (non-hydrogen) atoms. The van der Waals surface area contributed by atoms with Gasteiger partial charge in [0.25, 0.3) is 10.0 Å². The molecular weight excluding hydrogens is 532 g/mol. The van der Waals surface area contributed by atoms with Gasteiger partial charge in [-0.1, -0.05) is 0 Å². The summed E-state index contributed by atoms with van der Waals surface area (Å²) in [5.41, 5.74) is 2.78. The summed E-state index contributed by atoms with van der Waals surface area (Å²) in [6, 6.07) is 3.74. The van der Waals surface area contributed by atoms with Crippen molar-refractivity contribution in [1.29, 1.82) is 0 Å². The van der Waals surface area contributed by atoms with E-state index in [-0.39, 0.29) is 11.3 Å². The summed E-state index contributed by atoms with van der Waals surface area (Å²) in [5, 5.41) is 10.3. The van der Waals surface area contributed by atoms with Crippen LogP contribution in [0.4, 0.5) is 17.3 Å². The van der Waals surface area contributed by atoms with Crippen molar-refractivity contribution in [2.75, 3.05) is 37.9 Å². The normalized spacial score (nSPS) is 13.6. The molecule has 210 valence electrons. The SMILES string of the molecule is CC(C)Nc1cc(Nc2ccnc(-c3cnn(S(=O)(=O)C4CC4)c3)n2)ncc1-c1cnc(OCCN(C)C)cn1. The summed E-state index contributed by atoms with van der Waals surface area (Å²) in [6.07, 6.45) is 10.8. The van der Waals surface area contributed by atoms with E-state index in [0.29, 0.717) is 54.0 Å². The van der Waals surface area contributed by atoms with Gasteiger partial charge in [-0.05, 0) is 46.9 Å². The molecule has 4 aromatic rings. The van der Waals surface area contributed by atoms with Crippen LogP contribution in [0.1, 0.15) is 26.7 Å². The predicted molar refractivity (Wildman–Crippen MR) is 152 cm³/mol. The molecule has 1 aliphatic carbocycles. The first-order valence-corrected chi connectivity index (χ1v) is 14.5. The quantitative estimate of drug-likeness (QED) is 0.260. The molecule has 0 saturated heterocycles. The molecule has 1 saturated carbocycles. The van der Waals surface area contributed by atoms with Crippen LogP contribution in [-0.2, 0) is 10.0 Å². The van der Waals surface area contributed by atoms with E-state index in [1.807, 2.05) is 38.9 Å². The van der Waals surface area contributed by atoms with E-state index in [1.165, 1.54) is 12.4 Å². The van der Waals surface area contributed by atoms with Crippen LogP contribution in [0.3, 0.4) is 0 Å². The Bertz CT molecular complexity index is 1570. The van der Waals surface area contributed by atoms with E-state index in [0.717, 1.165) is 21.9 Å². The van der Waals surface area contributed by atoms with Gasteiger partial charge in [-0.3, -0.25) is 0 Å². The molecule has 1 fully saturated rings. The zero-order valence-electron chi connectivity index (χ0n) is 22.8. The Morgan fingerprint density at radius 3 is 2.60 bits per heavy atom. The number of hydrogen-bond acceptors (Lipinski definition) is 12. The molecule has 0 spiro atoms. The number of hydrogen-bond donors (Lipinski definition) is 2. The maximum atomic E-state index is 12.5. The average molecular weight is 565 g/mol. The summed E-state index contributed by atoms with van der Waals surface area (Å²) in [4.78, 5) is 24.4. The minimum absolute atomic E-state index is 0.157. The molecule has 0 aliphatic heterocycles. The lowest BCUT2D eigenvalue weighted by molar-refractivity contribution is 0.253. The minimum atomic E-state index is -3.46. The third kappa shape index (κ3) is 6.51. The second-order valence-electron chi connectivity index (χ2n) is 10.0. The molecule has 13 nitrogen and oxygen atoms in total. The average Bonchev–Trinajstić information content (AvgIpc) is 3.66. The van der Waals surface area contributed by atoms with Crippen LogP contribution in [0.2, 0.25) is 0 Å². The largest absolute Gasteiger partial charge is 0.475 e. The zero-order valence-corrected chi connectivity index (χ0v) is 23.6. The van der Waals surface area contributed by atoms with E-state index in [4.69, 9.17) is 4.74 Å². The number of ether oxygens (including phenoxy) is 1. The second kappa shape index (κ2) is 11.5. The van der Waals surface area contributed by atoms with E-state index in [9.17, 15) is 8.42 Å². The monoisotopic (exact) mass is 564 g/mol. The molecule has 4 heterocycles. The Kier molecular flexibility index (Phi) is 7.89. The van der Waals surface area contributed by atoms with E-state index >= 15 is 0 Å². The van der Waals surface area contributed by atoms with Gasteiger partial charge in [-0.25, -0.2) is 33.3 Å². The van der Waals surface area contributed by atoms with Gasteiger partial charge >= 0.3 is 0 Å². The van der Waals surface area contributed by atoms with E-state index in [2.05, 4.69) is 40.7 Å². The highest BCUT2D eigenvalue weighted by Crippen LogP contribution is 2.31. The molecule has 0 unspecified atom stereocenters. The maximum absolute atomic E-state index is 12.5. The zero-order chi connectivity index (χ0) is 28.3. The molecule has 0 bridgehead atoms. The van der Waals surface area contributed by atoms with Crippen LogP contribution in [0.25, 0.3) is 22.6 Å². The van der Waals surface area contributed by atoms with Gasteiger partial charge in [-0.15, -0.1) is 0 Å². The Hall–Kier alpha value is -4.17. The Balaban J connectivity index is 1.34. The summed E-state index contributed by atoms with van der Waals surface area (Å²) in [7, 11) is 0.501. The molecular formula is C26H32N10O3S. The van der Waals surface area contributed by atoms with Crippen LogP contribution in [0, 0.1) is 0 Å². The number of rotatable bonds is 12. The molecule has 4 aromatic heterocycles. The summed E-state index contributed by atoms with van der Waals surface area (Å²) >= 11 is 0. The number of aromatic nitrogens is 7. The molecule has 14 heteroatoms. The third-order valence-electron chi connectivity index (χ3n) is 5.98. The van der Waals surface area contributed by atoms with Crippen molar-refractivity contribution in [3.8, 4) is 28.5 Å². The van der Waals surface area contributed by atoms with Crippen LogP contribution >= 0.6 is 0 Å². The topological polar surface area (TPSA) is 153 Å². The highest BCUT2D eigenvalue weighted by atomic mass is 32.2. The van der Waals surface area contributed by atoms with Crippen molar-refractivity contribution in [2.45, 2.75) is 38.0 Å². The number of anilines is 3. The standard InChI is InChI=1S/C26H32N10O3S/c1-17(2)32-21-11-24(29-13-20(21)22-14-30-25(15-28-22)39-10-9-35(3)4)33-23-7-8-27-26(34-23)18-12-31-36(16-18)40(37,38)19-5-6-19/h7-8,11-17,19H,5-6,9-10H2,1-4H3,(H2,27,29,32,33,34). The fraction of sp³-hybridized carbons (Fsp3) is 0.385. The first-order chi connectivity index (χ1) is 19.2. The first kappa shape index (κ1) is 27.4. The van der Waals surface area contributed by atoms with Crippen molar-refractivity contribution in [2.24, 2.45) is 0 Å². The van der Waals surface area contributed by atoms with Crippen molar-refractivity contribution in [3.05, 3.63) is 49.3 Å². The lowest BCUT2D eigenvalue weighted by Gasteiger charge is -2.16. The van der Waals surface area contributed by atoms with Crippen LogP contribution in [-0.4, -0.2) is 86.0 Å². The Labute approximate surface area is 233 Å². The number of likely N-dealkylation sites (N-methyl/N-ethyl adjacent to an activating group) is 1. The van der Waals surface area contributed by atoms with E-state index in [1.54, 1.807) is 30.9 Å². The molecule has 0 radical (unpaired) electrons. The minimum Gasteiger partial charge on any atom is -0.475 e. The number of pyridine rings is 1. The molecule has 5 rings (SSSR count). The molecule has 2 N–H and O–H groups in total. The predicted octanol–water partition coefficient (Wildman–Crippen LogP) is 3.04. The fourth-order valence-corrected chi connectivity index (χ4v) is 5.27. The van der Waals surface area contributed by atoms with Gasteiger partial charge in [0.2, 0.25) is 5.88 Å². The lowest BCUT2D eigenvalue weighted by Crippen LogP contribution is -2.19. The second-order valence-corrected chi connectivity index (χ2v) is 12.1. The first-order valence-electron chi connectivity index (χ1n) is 12.9. The molecule has 0 aromatic carbocycles. The molecule has 1 aliphatic rings. The van der Waals surface area contributed by atoms with Crippen LogP contribution < -0.4 is 15.4 Å². The maximum Gasteiger partial charge on any atom is 0.256 e. The van der Waals surface area contributed by atoms with Crippen molar-refractivity contribution >= 4 is 27.3 Å². The third-order valence-corrected chi connectivity index (χ3v) is 8.01. The number of nitrogens with zero attached hydrogens (tertiary/aromatic N) is 8. The summed E-state index contributed by atoms with van der Waals surface area (Å²) < 4.78 is 31.6. The Morgan fingerprint density at radius 2 is 1.90 bits per heavy atom. The molecule has 0 amide bonds. The smallest absolute Gasteiger partial charge is 0.256 e. The fourth-order valence-electron chi connectivity index (χ4n) is 3.80. The van der Waals surface area contributed by atoms with Gasteiger partial charge in [-0.2, -0.15) is 9.19 Å². The van der Waals surface area contributed by atoms with Gasteiger partial charge in [0, 0.05) is 42.3 Å². The van der Waals surface area contributed by atoms with Gasteiger partial charge < -0.3 is 20.3 Å².